The third kappa shape index (κ3) is 5.51. The van der Waals surface area contributed by atoms with Gasteiger partial charge in [-0.2, -0.15) is 28.1 Å². The predicted octanol–water partition coefficient (Wildman–Crippen LogP) is 2.58. The van der Waals surface area contributed by atoms with Gasteiger partial charge in [0.2, 0.25) is 5.91 Å². The first kappa shape index (κ1) is 26.8. The smallest absolute Gasteiger partial charge is 0.342 e. The molecule has 1 spiro atoms. The molecule has 1 aromatic carbocycles. The van der Waals surface area contributed by atoms with E-state index in [0.717, 1.165) is 17.4 Å². The summed E-state index contributed by atoms with van der Waals surface area (Å²) in [4.78, 5) is 26.1. The van der Waals surface area contributed by atoms with Crippen molar-refractivity contribution in [3.63, 3.8) is 0 Å². The second-order valence-corrected chi connectivity index (χ2v) is 12.2. The topological polar surface area (TPSA) is 136 Å². The maximum Gasteiger partial charge on any atom is 0.389 e. The first-order chi connectivity index (χ1) is 18.2. The van der Waals surface area contributed by atoms with Gasteiger partial charge in [-0.3, -0.25) is 9.59 Å². The van der Waals surface area contributed by atoms with Gasteiger partial charge in [0.1, 0.15) is 11.3 Å². The molecule has 2 amide bonds. The summed E-state index contributed by atoms with van der Waals surface area (Å²) in [5.41, 5.74) is 2.50. The fraction of sp³-hybridized carbons (Fsp3) is 0.400. The molecule has 3 aromatic rings. The van der Waals surface area contributed by atoms with Gasteiger partial charge in [0.15, 0.2) is 21.5 Å². The number of fused-ring (bicyclic) bond motifs is 3. The monoisotopic (exact) mass is 562 g/mol. The molecule has 10 nitrogen and oxygen atoms in total. The summed E-state index contributed by atoms with van der Waals surface area (Å²) < 4.78 is 62.7. The van der Waals surface area contributed by atoms with Crippen LogP contribution in [-0.2, 0) is 39.4 Å². The number of aryl methyl sites for hydroxylation is 3. The highest BCUT2D eigenvalue weighted by Gasteiger charge is 2.47. The van der Waals surface area contributed by atoms with E-state index in [1.807, 2.05) is 0 Å². The lowest BCUT2D eigenvalue weighted by molar-refractivity contribution is -0.134. The van der Waals surface area contributed by atoms with Crippen LogP contribution < -0.4 is 10.6 Å². The van der Waals surface area contributed by atoms with Gasteiger partial charge in [-0.25, -0.2) is 8.42 Å². The SMILES string of the molecule is Cc1ccc(-n2nc3c(c2NC(=O)CS(C)(=O)=O)C(=O)N[C@@]2(CCc4cc(CCC(F)(F)F)ccc42)C3)nn1. The molecule has 0 bridgehead atoms. The van der Waals surface area contributed by atoms with E-state index < -0.39 is 45.5 Å². The van der Waals surface area contributed by atoms with E-state index in [1.165, 1.54) is 4.68 Å². The molecule has 14 heteroatoms. The van der Waals surface area contributed by atoms with Crippen molar-refractivity contribution in [1.82, 2.24) is 25.3 Å². The minimum absolute atomic E-state index is 0.0233. The van der Waals surface area contributed by atoms with Crippen molar-refractivity contribution in [3.05, 3.63) is 64.0 Å². The van der Waals surface area contributed by atoms with E-state index >= 15 is 0 Å². The Morgan fingerprint density at radius 1 is 1.21 bits per heavy atom. The number of sulfone groups is 1. The maximum absolute atomic E-state index is 13.5. The van der Waals surface area contributed by atoms with E-state index in [0.29, 0.717) is 29.8 Å². The van der Waals surface area contributed by atoms with Crippen LogP contribution in [-0.4, -0.2) is 58.4 Å². The lowest BCUT2D eigenvalue weighted by Crippen LogP contribution is -2.50. The second-order valence-electron chi connectivity index (χ2n) is 10.1. The number of aromatic nitrogens is 4. The number of halogens is 3. The summed E-state index contributed by atoms with van der Waals surface area (Å²) in [6, 6.07) is 8.45. The summed E-state index contributed by atoms with van der Waals surface area (Å²) >= 11 is 0. The van der Waals surface area contributed by atoms with Crippen molar-refractivity contribution >= 4 is 27.5 Å². The van der Waals surface area contributed by atoms with Crippen LogP contribution in [0.3, 0.4) is 0 Å². The largest absolute Gasteiger partial charge is 0.389 e. The van der Waals surface area contributed by atoms with Crippen LogP contribution in [0.1, 0.15) is 51.3 Å². The molecule has 2 aromatic heterocycles. The quantitative estimate of drug-likeness (QED) is 0.471. The minimum Gasteiger partial charge on any atom is -0.342 e. The molecule has 0 radical (unpaired) electrons. The Bertz CT molecular complexity index is 1580. The molecule has 0 unspecified atom stereocenters. The summed E-state index contributed by atoms with van der Waals surface area (Å²) in [6.45, 7) is 1.74. The van der Waals surface area contributed by atoms with Crippen molar-refractivity contribution < 1.29 is 31.2 Å². The van der Waals surface area contributed by atoms with E-state index in [2.05, 4.69) is 25.9 Å². The number of carbonyl (C=O) groups is 2. The van der Waals surface area contributed by atoms with Gasteiger partial charge in [0.05, 0.1) is 16.9 Å². The Kier molecular flexibility index (Phi) is 6.48. The molecule has 39 heavy (non-hydrogen) atoms. The average molecular weight is 563 g/mol. The normalized spacial score (nSPS) is 18.5. The molecule has 1 aliphatic carbocycles. The Labute approximate surface area is 221 Å². The van der Waals surface area contributed by atoms with Crippen LogP contribution in [0.4, 0.5) is 19.0 Å². The van der Waals surface area contributed by atoms with Crippen molar-refractivity contribution in [2.24, 2.45) is 0 Å². The van der Waals surface area contributed by atoms with Gasteiger partial charge in [0, 0.05) is 19.1 Å². The highest BCUT2D eigenvalue weighted by molar-refractivity contribution is 7.91. The number of alkyl halides is 3. The number of nitrogens with one attached hydrogen (secondary N) is 2. The molecule has 5 rings (SSSR count). The molecule has 2 aliphatic rings. The Balaban J connectivity index is 1.52. The maximum atomic E-state index is 13.5. The minimum atomic E-state index is -4.25. The second kappa shape index (κ2) is 9.43. The van der Waals surface area contributed by atoms with Crippen molar-refractivity contribution in [2.75, 3.05) is 17.3 Å². The van der Waals surface area contributed by atoms with Crippen LogP contribution in [0, 0.1) is 6.92 Å². The third-order valence-electron chi connectivity index (χ3n) is 6.86. The van der Waals surface area contributed by atoms with E-state index in [4.69, 9.17) is 0 Å². The van der Waals surface area contributed by atoms with Gasteiger partial charge in [-0.15, -0.1) is 5.10 Å². The first-order valence-corrected chi connectivity index (χ1v) is 14.2. The molecule has 206 valence electrons. The summed E-state index contributed by atoms with van der Waals surface area (Å²) in [5, 5.41) is 18.2. The number of hydrogen-bond donors (Lipinski definition) is 2. The Morgan fingerprint density at radius 3 is 2.64 bits per heavy atom. The lowest BCUT2D eigenvalue weighted by Gasteiger charge is -2.35. The number of rotatable bonds is 6. The summed E-state index contributed by atoms with van der Waals surface area (Å²) in [6.07, 6.45) is -3.03. The zero-order valence-corrected chi connectivity index (χ0v) is 21.9. The molecule has 0 saturated carbocycles. The van der Waals surface area contributed by atoms with Crippen LogP contribution in [0.2, 0.25) is 0 Å². The fourth-order valence-electron chi connectivity index (χ4n) is 5.19. The average Bonchev–Trinajstić information content (AvgIpc) is 3.35. The summed E-state index contributed by atoms with van der Waals surface area (Å²) in [7, 11) is -3.64. The number of hydrogen-bond acceptors (Lipinski definition) is 7. The molecule has 1 atom stereocenters. The molecular formula is C25H25F3N6O4S. The predicted molar refractivity (Wildman–Crippen MR) is 134 cm³/mol. The van der Waals surface area contributed by atoms with Crippen LogP contribution in [0.5, 0.6) is 0 Å². The number of benzene rings is 1. The van der Waals surface area contributed by atoms with E-state index in [9.17, 15) is 31.2 Å². The van der Waals surface area contributed by atoms with Crippen molar-refractivity contribution in [2.45, 2.75) is 50.7 Å². The van der Waals surface area contributed by atoms with E-state index in [1.54, 1.807) is 37.3 Å². The van der Waals surface area contributed by atoms with E-state index in [-0.39, 0.29) is 30.0 Å². The summed E-state index contributed by atoms with van der Waals surface area (Å²) in [5.74, 6) is -1.96. The van der Waals surface area contributed by atoms with Gasteiger partial charge in [-0.1, -0.05) is 18.2 Å². The first-order valence-electron chi connectivity index (χ1n) is 12.1. The molecule has 2 N–H and O–H groups in total. The van der Waals surface area contributed by atoms with Crippen LogP contribution in [0.15, 0.2) is 30.3 Å². The van der Waals surface area contributed by atoms with Crippen LogP contribution >= 0.6 is 0 Å². The highest BCUT2D eigenvalue weighted by Crippen LogP contribution is 2.44. The molecule has 1 aliphatic heterocycles. The Morgan fingerprint density at radius 2 is 1.97 bits per heavy atom. The third-order valence-corrected chi connectivity index (χ3v) is 7.65. The van der Waals surface area contributed by atoms with Crippen molar-refractivity contribution in [3.8, 4) is 5.82 Å². The van der Waals surface area contributed by atoms with Crippen LogP contribution in [0.25, 0.3) is 5.82 Å². The molecule has 3 heterocycles. The van der Waals surface area contributed by atoms with Crippen molar-refractivity contribution in [1.29, 1.82) is 0 Å². The number of nitrogens with zero attached hydrogens (tertiary/aromatic N) is 4. The van der Waals surface area contributed by atoms with Gasteiger partial charge >= 0.3 is 6.18 Å². The molecule has 0 saturated heterocycles. The van der Waals surface area contributed by atoms with Gasteiger partial charge in [0.25, 0.3) is 5.91 Å². The lowest BCUT2D eigenvalue weighted by atomic mass is 9.82. The fourth-order valence-corrected chi connectivity index (χ4v) is 5.73. The van der Waals surface area contributed by atoms with Gasteiger partial charge in [-0.05, 0) is 55.0 Å². The number of anilines is 1. The number of amides is 2. The standard InChI is InChI=1S/C25H25F3N6O4S/c1-14-3-6-19(32-31-14)34-22(29-20(35)13-39(2,37)38)21-18(33-34)12-24(30-23(21)36)9-8-16-11-15(4-5-17(16)24)7-10-25(26,27)28/h3-6,11H,7-10,12-13H2,1-2H3,(H,29,35)(H,30,36)/t24-/m0/s1. The zero-order chi connectivity index (χ0) is 28.2. The number of carbonyl (C=O) groups excluding carboxylic acids is 2. The Hall–Kier alpha value is -3.81. The highest BCUT2D eigenvalue weighted by atomic mass is 32.2. The van der Waals surface area contributed by atoms with Gasteiger partial charge < -0.3 is 10.6 Å². The molecule has 0 fully saturated rings. The zero-order valence-electron chi connectivity index (χ0n) is 21.1. The molecular weight excluding hydrogens is 537 g/mol.